The number of hydrogen-bond donors (Lipinski definition) is 2. The topological polar surface area (TPSA) is 75.6 Å². The summed E-state index contributed by atoms with van der Waals surface area (Å²) >= 11 is 5.91. The van der Waals surface area contributed by atoms with Crippen molar-refractivity contribution in [1.29, 1.82) is 0 Å². The van der Waals surface area contributed by atoms with Crippen LogP contribution >= 0.6 is 11.6 Å². The number of halogens is 1. The molecule has 5 nitrogen and oxygen atoms in total. The minimum absolute atomic E-state index is 0.283. The quantitative estimate of drug-likeness (QED) is 0.788. The van der Waals surface area contributed by atoms with Crippen molar-refractivity contribution in [3.63, 3.8) is 0 Å². The van der Waals surface area contributed by atoms with E-state index in [9.17, 15) is 14.7 Å². The molecule has 0 saturated heterocycles. The zero-order valence-corrected chi connectivity index (χ0v) is 13.9. The van der Waals surface area contributed by atoms with Crippen LogP contribution in [0.25, 0.3) is 0 Å². The van der Waals surface area contributed by atoms with Gasteiger partial charge >= 0.3 is 5.97 Å². The molecular weight excluding hydrogens is 330 g/mol. The van der Waals surface area contributed by atoms with E-state index < -0.39 is 24.6 Å². The van der Waals surface area contributed by atoms with E-state index >= 15 is 0 Å². The summed E-state index contributed by atoms with van der Waals surface area (Å²) in [5, 5.41) is 13.1. The summed E-state index contributed by atoms with van der Waals surface area (Å²) in [6.45, 7) is 1.33. The highest BCUT2D eigenvalue weighted by molar-refractivity contribution is 6.30. The molecule has 1 amide bonds. The van der Waals surface area contributed by atoms with Gasteiger partial charge in [-0.05, 0) is 30.2 Å². The fourth-order valence-electron chi connectivity index (χ4n) is 2.13. The third-order valence-corrected chi connectivity index (χ3v) is 3.65. The Kier molecular flexibility index (Phi) is 6.35. The zero-order chi connectivity index (χ0) is 17.5. The second-order valence-electron chi connectivity index (χ2n) is 5.27. The highest BCUT2D eigenvalue weighted by Gasteiger charge is 2.20. The molecule has 6 heteroatoms. The number of carbonyl (C=O) groups is 2. The van der Waals surface area contributed by atoms with E-state index in [0.29, 0.717) is 10.6 Å². The van der Waals surface area contributed by atoms with Crippen LogP contribution in [-0.2, 0) is 14.3 Å². The van der Waals surface area contributed by atoms with Crippen LogP contribution in [0.15, 0.2) is 54.6 Å². The smallest absolute Gasteiger partial charge is 0.340 e. The van der Waals surface area contributed by atoms with E-state index in [1.807, 2.05) is 6.07 Å². The van der Waals surface area contributed by atoms with Crippen molar-refractivity contribution in [2.45, 2.75) is 19.1 Å². The van der Waals surface area contributed by atoms with E-state index in [1.54, 1.807) is 55.5 Å². The zero-order valence-electron chi connectivity index (χ0n) is 13.1. The van der Waals surface area contributed by atoms with E-state index in [4.69, 9.17) is 16.3 Å². The second kappa shape index (κ2) is 8.47. The fraction of sp³-hybridized carbons (Fsp3) is 0.222. The summed E-state index contributed by atoms with van der Waals surface area (Å²) in [6.07, 6.45) is -1.41. The number of carbonyl (C=O) groups excluding carboxylic acids is 2. The van der Waals surface area contributed by atoms with Gasteiger partial charge < -0.3 is 15.2 Å². The van der Waals surface area contributed by atoms with Gasteiger partial charge in [0.2, 0.25) is 0 Å². The Balaban J connectivity index is 1.83. The lowest BCUT2D eigenvalue weighted by atomic mass is 10.1. The molecule has 126 valence electrons. The van der Waals surface area contributed by atoms with Gasteiger partial charge in [-0.3, -0.25) is 4.79 Å². The first-order valence-electron chi connectivity index (χ1n) is 7.42. The van der Waals surface area contributed by atoms with Crippen LogP contribution in [0, 0.1) is 0 Å². The number of benzene rings is 2. The molecule has 24 heavy (non-hydrogen) atoms. The summed E-state index contributed by atoms with van der Waals surface area (Å²) in [7, 11) is 0. The third kappa shape index (κ3) is 5.08. The van der Waals surface area contributed by atoms with Crippen molar-refractivity contribution in [3.05, 3.63) is 70.7 Å². The summed E-state index contributed by atoms with van der Waals surface area (Å²) < 4.78 is 4.85. The maximum absolute atomic E-state index is 11.9. The first kappa shape index (κ1) is 18.0. The SMILES string of the molecule is C[C@H](NC(=O)COC(=O)[C@@H](O)c1ccccc1)c1cccc(Cl)c1. The normalized spacial score (nSPS) is 13.0. The fourth-order valence-corrected chi connectivity index (χ4v) is 2.33. The Morgan fingerprint density at radius 2 is 1.79 bits per heavy atom. The number of ether oxygens (including phenoxy) is 1. The minimum Gasteiger partial charge on any atom is -0.453 e. The molecule has 0 saturated carbocycles. The Morgan fingerprint density at radius 3 is 2.46 bits per heavy atom. The van der Waals surface area contributed by atoms with E-state index in [1.165, 1.54) is 0 Å². The van der Waals surface area contributed by atoms with Gasteiger partial charge in [-0.25, -0.2) is 4.79 Å². The predicted octanol–water partition coefficient (Wildman–Crippen LogP) is 2.79. The van der Waals surface area contributed by atoms with E-state index in [-0.39, 0.29) is 6.04 Å². The molecule has 0 fully saturated rings. The van der Waals surface area contributed by atoms with Gasteiger partial charge in [0.1, 0.15) is 0 Å². The van der Waals surface area contributed by atoms with Crippen molar-refractivity contribution in [1.82, 2.24) is 5.32 Å². The van der Waals surface area contributed by atoms with Crippen LogP contribution in [0.3, 0.4) is 0 Å². The number of esters is 1. The number of nitrogens with one attached hydrogen (secondary N) is 1. The van der Waals surface area contributed by atoms with Crippen molar-refractivity contribution < 1.29 is 19.4 Å². The molecule has 2 aromatic carbocycles. The number of aliphatic hydroxyl groups is 1. The second-order valence-corrected chi connectivity index (χ2v) is 5.70. The van der Waals surface area contributed by atoms with Crippen LogP contribution in [0.4, 0.5) is 0 Å². The Labute approximate surface area is 145 Å². The summed E-state index contributed by atoms with van der Waals surface area (Å²) in [4.78, 5) is 23.7. The first-order chi connectivity index (χ1) is 11.5. The molecule has 0 unspecified atom stereocenters. The van der Waals surface area contributed by atoms with Crippen LogP contribution < -0.4 is 5.32 Å². The third-order valence-electron chi connectivity index (χ3n) is 3.41. The molecule has 2 atom stereocenters. The largest absolute Gasteiger partial charge is 0.453 e. The molecule has 0 aliphatic carbocycles. The highest BCUT2D eigenvalue weighted by Crippen LogP contribution is 2.17. The molecule has 0 aliphatic heterocycles. The van der Waals surface area contributed by atoms with Crippen LogP contribution in [0.1, 0.15) is 30.2 Å². The maximum Gasteiger partial charge on any atom is 0.340 e. The molecule has 2 aromatic rings. The minimum atomic E-state index is -1.41. The number of aliphatic hydroxyl groups excluding tert-OH is 1. The lowest BCUT2D eigenvalue weighted by Gasteiger charge is -2.15. The van der Waals surface area contributed by atoms with Crippen molar-refractivity contribution in [3.8, 4) is 0 Å². The molecular formula is C18H18ClNO4. The van der Waals surface area contributed by atoms with Crippen molar-refractivity contribution >= 4 is 23.5 Å². The van der Waals surface area contributed by atoms with E-state index in [0.717, 1.165) is 5.56 Å². The van der Waals surface area contributed by atoms with Crippen LogP contribution in [0.5, 0.6) is 0 Å². The summed E-state index contributed by atoms with van der Waals surface area (Å²) in [6, 6.07) is 15.2. The van der Waals surface area contributed by atoms with Crippen molar-refractivity contribution in [2.24, 2.45) is 0 Å². The molecule has 0 aliphatic rings. The Hall–Kier alpha value is -2.37. The maximum atomic E-state index is 11.9. The van der Waals surface area contributed by atoms with Gasteiger partial charge in [0, 0.05) is 5.02 Å². The summed E-state index contributed by atoms with van der Waals surface area (Å²) in [5.74, 6) is -1.33. The molecule has 0 heterocycles. The van der Waals surface area contributed by atoms with Crippen molar-refractivity contribution in [2.75, 3.05) is 6.61 Å². The summed E-state index contributed by atoms with van der Waals surface area (Å²) in [5.41, 5.74) is 1.25. The molecule has 0 spiro atoms. The van der Waals surface area contributed by atoms with Gasteiger partial charge in [0.25, 0.3) is 5.91 Å². The number of hydrogen-bond acceptors (Lipinski definition) is 4. The Bertz CT molecular complexity index is 705. The highest BCUT2D eigenvalue weighted by atomic mass is 35.5. The number of amides is 1. The van der Waals surface area contributed by atoms with Gasteiger partial charge in [0.05, 0.1) is 6.04 Å². The average Bonchev–Trinajstić information content (AvgIpc) is 2.59. The molecule has 0 bridgehead atoms. The predicted molar refractivity (Wildman–Crippen MR) is 90.4 cm³/mol. The monoisotopic (exact) mass is 347 g/mol. The molecule has 2 rings (SSSR count). The lowest BCUT2D eigenvalue weighted by Crippen LogP contribution is -2.32. The standard InChI is InChI=1S/C18H18ClNO4/c1-12(14-8-5-9-15(19)10-14)20-16(21)11-24-18(23)17(22)13-6-3-2-4-7-13/h2-10,12,17,22H,11H2,1H3,(H,20,21)/t12-,17-/m0/s1. The van der Waals surface area contributed by atoms with Gasteiger partial charge in [-0.1, -0.05) is 54.1 Å². The van der Waals surface area contributed by atoms with Crippen LogP contribution in [0.2, 0.25) is 5.02 Å². The molecule has 2 N–H and O–H groups in total. The average molecular weight is 348 g/mol. The van der Waals surface area contributed by atoms with Crippen LogP contribution in [-0.4, -0.2) is 23.6 Å². The van der Waals surface area contributed by atoms with Gasteiger partial charge in [-0.2, -0.15) is 0 Å². The van der Waals surface area contributed by atoms with Gasteiger partial charge in [0.15, 0.2) is 12.7 Å². The van der Waals surface area contributed by atoms with E-state index in [2.05, 4.69) is 5.32 Å². The van der Waals surface area contributed by atoms with Gasteiger partial charge in [-0.15, -0.1) is 0 Å². The Morgan fingerprint density at radius 1 is 1.12 bits per heavy atom. The molecule has 0 aromatic heterocycles. The lowest BCUT2D eigenvalue weighted by molar-refractivity contribution is -0.157. The number of rotatable bonds is 6. The molecule has 0 radical (unpaired) electrons. The first-order valence-corrected chi connectivity index (χ1v) is 7.79.